The Bertz CT molecular complexity index is 1010. The van der Waals surface area contributed by atoms with E-state index in [1.807, 2.05) is 0 Å². The molecule has 1 fully saturated rings. The van der Waals surface area contributed by atoms with Crippen LogP contribution in [0.4, 0.5) is 26.3 Å². The first-order chi connectivity index (χ1) is 15.6. The van der Waals surface area contributed by atoms with E-state index in [1.165, 1.54) is 29.2 Å². The fourth-order valence-corrected chi connectivity index (χ4v) is 3.68. The van der Waals surface area contributed by atoms with Gasteiger partial charge < -0.3 is 15.0 Å². The third-order valence-electron chi connectivity index (χ3n) is 5.24. The predicted octanol–water partition coefficient (Wildman–Crippen LogP) is 4.61. The van der Waals surface area contributed by atoms with Crippen molar-refractivity contribution in [2.45, 2.75) is 32.2 Å². The van der Waals surface area contributed by atoms with E-state index in [0.717, 1.165) is 12.1 Å². The van der Waals surface area contributed by atoms with Gasteiger partial charge in [0, 0.05) is 19.6 Å². The van der Waals surface area contributed by atoms with E-state index in [4.69, 9.17) is 0 Å². The van der Waals surface area contributed by atoms with Crippen LogP contribution in [0.3, 0.4) is 0 Å². The van der Waals surface area contributed by atoms with Crippen LogP contribution in [0.2, 0.25) is 0 Å². The lowest BCUT2D eigenvalue weighted by molar-refractivity contribution is -0.138. The van der Waals surface area contributed by atoms with Gasteiger partial charge in [0.25, 0.3) is 5.91 Å². The summed E-state index contributed by atoms with van der Waals surface area (Å²) in [4.78, 5) is 26.8. The number of carbonyl (C=O) groups excluding carboxylic acids is 2. The number of nitrogens with zero attached hydrogens (tertiary/aromatic N) is 1. The maximum absolute atomic E-state index is 13.2. The third kappa shape index (κ3) is 6.17. The zero-order chi connectivity index (χ0) is 24.2. The summed E-state index contributed by atoms with van der Waals surface area (Å²) in [5.41, 5.74) is -1.56. The number of hydrogen-bond acceptors (Lipinski definition) is 3. The first-order valence-corrected chi connectivity index (χ1v) is 10.0. The van der Waals surface area contributed by atoms with E-state index < -0.39 is 48.4 Å². The Morgan fingerprint density at radius 1 is 1.15 bits per heavy atom. The van der Waals surface area contributed by atoms with Crippen LogP contribution >= 0.6 is 0 Å². The largest absolute Gasteiger partial charge is 0.434 e. The quantitative estimate of drug-likeness (QED) is 0.622. The number of nitrogens with one attached hydrogen (secondary N) is 1. The normalized spacial score (nSPS) is 16.6. The van der Waals surface area contributed by atoms with E-state index in [9.17, 15) is 35.9 Å². The number of amides is 2. The Balaban J connectivity index is 1.67. The molecule has 2 aromatic rings. The summed E-state index contributed by atoms with van der Waals surface area (Å²) in [6, 6.07) is 7.67. The van der Waals surface area contributed by atoms with Crippen LogP contribution in [0, 0.1) is 11.7 Å². The van der Waals surface area contributed by atoms with Gasteiger partial charge in [0.15, 0.2) is 0 Å². The fraction of sp³-hybridized carbons (Fsp3) is 0.364. The number of rotatable bonds is 6. The van der Waals surface area contributed by atoms with Gasteiger partial charge in [-0.3, -0.25) is 9.59 Å². The second kappa shape index (κ2) is 10.1. The average Bonchev–Trinajstić information content (AvgIpc) is 2.77. The van der Waals surface area contributed by atoms with Crippen LogP contribution < -0.4 is 10.1 Å². The highest BCUT2D eigenvalue weighted by molar-refractivity contribution is 5.97. The molecule has 1 saturated heterocycles. The molecule has 0 aliphatic carbocycles. The molecule has 11 heteroatoms. The molecule has 3 rings (SSSR count). The van der Waals surface area contributed by atoms with Gasteiger partial charge in [-0.25, -0.2) is 4.39 Å². The highest BCUT2D eigenvalue weighted by atomic mass is 19.4. The van der Waals surface area contributed by atoms with E-state index >= 15 is 0 Å². The van der Waals surface area contributed by atoms with Gasteiger partial charge in [-0.2, -0.15) is 22.0 Å². The Hall–Kier alpha value is -3.24. The molecule has 1 unspecified atom stereocenters. The van der Waals surface area contributed by atoms with Gasteiger partial charge in [0.2, 0.25) is 5.91 Å². The van der Waals surface area contributed by atoms with Crippen molar-refractivity contribution in [3.8, 4) is 5.75 Å². The van der Waals surface area contributed by atoms with Crippen LogP contribution in [0.15, 0.2) is 42.5 Å². The Labute approximate surface area is 185 Å². The van der Waals surface area contributed by atoms with Crippen molar-refractivity contribution in [2.24, 2.45) is 5.92 Å². The smallest absolute Gasteiger partial charge is 0.416 e. The Kier molecular flexibility index (Phi) is 7.50. The molecule has 2 amide bonds. The standard InChI is InChI=1S/C22H20F6N2O3/c23-15-8-7-13(17(10-15)22(26,27)28)11-29-19(31)14-4-3-9-30(12-14)20(32)16-5-1-2-6-18(16)33-21(24)25/h1-2,5-8,10,14,21H,3-4,9,11-12H2,(H,29,31). The molecule has 0 saturated carbocycles. The summed E-state index contributed by atoms with van der Waals surface area (Å²) < 4.78 is 82.3. The second-order valence-electron chi connectivity index (χ2n) is 7.48. The van der Waals surface area contributed by atoms with Gasteiger partial charge >= 0.3 is 12.8 Å². The van der Waals surface area contributed by atoms with Crippen LogP contribution in [-0.2, 0) is 17.5 Å². The third-order valence-corrected chi connectivity index (χ3v) is 5.24. The minimum absolute atomic E-state index is 0.0385. The first kappa shape index (κ1) is 24.4. The van der Waals surface area contributed by atoms with E-state index in [2.05, 4.69) is 10.1 Å². The molecule has 1 aliphatic rings. The number of carbonyl (C=O) groups is 2. The van der Waals surface area contributed by atoms with Crippen molar-refractivity contribution in [3.05, 3.63) is 65.0 Å². The van der Waals surface area contributed by atoms with E-state index in [1.54, 1.807) is 0 Å². The monoisotopic (exact) mass is 474 g/mol. The highest BCUT2D eigenvalue weighted by Crippen LogP contribution is 2.32. The lowest BCUT2D eigenvalue weighted by Crippen LogP contribution is -2.45. The van der Waals surface area contributed by atoms with Crippen molar-refractivity contribution in [1.29, 1.82) is 0 Å². The Morgan fingerprint density at radius 3 is 2.58 bits per heavy atom. The lowest BCUT2D eigenvalue weighted by Gasteiger charge is -2.32. The van der Waals surface area contributed by atoms with Gasteiger partial charge in [0.1, 0.15) is 11.6 Å². The molecule has 0 bridgehead atoms. The van der Waals surface area contributed by atoms with Crippen molar-refractivity contribution < 1.29 is 40.7 Å². The highest BCUT2D eigenvalue weighted by Gasteiger charge is 2.34. The molecule has 0 radical (unpaired) electrons. The van der Waals surface area contributed by atoms with Gasteiger partial charge in [0.05, 0.1) is 17.0 Å². The number of likely N-dealkylation sites (tertiary alicyclic amines) is 1. The van der Waals surface area contributed by atoms with Crippen LogP contribution in [0.1, 0.15) is 34.3 Å². The lowest BCUT2D eigenvalue weighted by atomic mass is 9.96. The molecule has 0 aromatic heterocycles. The summed E-state index contributed by atoms with van der Waals surface area (Å²) in [7, 11) is 0. The summed E-state index contributed by atoms with van der Waals surface area (Å²) in [5.74, 6) is -3.21. The summed E-state index contributed by atoms with van der Waals surface area (Å²) in [5, 5.41) is 2.41. The van der Waals surface area contributed by atoms with Crippen molar-refractivity contribution in [2.75, 3.05) is 13.1 Å². The van der Waals surface area contributed by atoms with Crippen molar-refractivity contribution >= 4 is 11.8 Å². The molecule has 1 atom stereocenters. The number of halogens is 6. The molecule has 1 heterocycles. The van der Waals surface area contributed by atoms with Crippen LogP contribution in [0.5, 0.6) is 5.75 Å². The number of hydrogen-bond donors (Lipinski definition) is 1. The van der Waals surface area contributed by atoms with E-state index in [0.29, 0.717) is 18.9 Å². The van der Waals surface area contributed by atoms with Gasteiger partial charge in [-0.15, -0.1) is 0 Å². The van der Waals surface area contributed by atoms with Gasteiger partial charge in [-0.1, -0.05) is 18.2 Å². The number of ether oxygens (including phenoxy) is 1. The van der Waals surface area contributed by atoms with Crippen molar-refractivity contribution in [1.82, 2.24) is 10.2 Å². The van der Waals surface area contributed by atoms with Crippen LogP contribution in [-0.4, -0.2) is 36.4 Å². The average molecular weight is 474 g/mol. The first-order valence-electron chi connectivity index (χ1n) is 10.0. The number of para-hydroxylation sites is 1. The Morgan fingerprint density at radius 2 is 1.88 bits per heavy atom. The zero-order valence-electron chi connectivity index (χ0n) is 17.2. The molecule has 33 heavy (non-hydrogen) atoms. The second-order valence-corrected chi connectivity index (χ2v) is 7.48. The molecule has 2 aromatic carbocycles. The number of benzene rings is 2. The summed E-state index contributed by atoms with van der Waals surface area (Å²) in [6.07, 6.45) is -3.96. The minimum Gasteiger partial charge on any atom is -0.434 e. The SMILES string of the molecule is O=C(NCc1ccc(F)cc1C(F)(F)F)C1CCCN(C(=O)c2ccccc2OC(F)F)C1. The molecule has 5 nitrogen and oxygen atoms in total. The molecule has 1 aliphatic heterocycles. The topological polar surface area (TPSA) is 58.6 Å². The maximum atomic E-state index is 13.2. The zero-order valence-corrected chi connectivity index (χ0v) is 17.2. The molecular weight excluding hydrogens is 454 g/mol. The molecular formula is C22H20F6N2O3. The summed E-state index contributed by atoms with van der Waals surface area (Å²) >= 11 is 0. The van der Waals surface area contributed by atoms with Gasteiger partial charge in [-0.05, 0) is 42.7 Å². The predicted molar refractivity (Wildman–Crippen MR) is 105 cm³/mol. The fourth-order valence-electron chi connectivity index (χ4n) is 3.68. The van der Waals surface area contributed by atoms with Crippen LogP contribution in [0.25, 0.3) is 0 Å². The maximum Gasteiger partial charge on any atom is 0.416 e. The molecule has 0 spiro atoms. The molecule has 1 N–H and O–H groups in total. The van der Waals surface area contributed by atoms with E-state index in [-0.39, 0.29) is 30.0 Å². The molecule has 178 valence electrons. The van der Waals surface area contributed by atoms with Crippen molar-refractivity contribution in [3.63, 3.8) is 0 Å². The number of alkyl halides is 5. The summed E-state index contributed by atoms with van der Waals surface area (Å²) in [6.45, 7) is -3.35. The number of piperidine rings is 1. The minimum atomic E-state index is -4.79.